The predicted octanol–water partition coefficient (Wildman–Crippen LogP) is -1.08. The van der Waals surface area contributed by atoms with Crippen molar-refractivity contribution in [1.29, 1.82) is 0 Å². The number of hydrogen-bond acceptors (Lipinski definition) is 5. The molecule has 64 valence electrons. The monoisotopic (exact) mass is 186 g/mol. The van der Waals surface area contributed by atoms with Gasteiger partial charge in [-0.2, -0.15) is 0 Å². The first-order valence-electron chi connectivity index (χ1n) is 2.88. The summed E-state index contributed by atoms with van der Waals surface area (Å²) in [4.78, 5) is 24.9. The first-order valence-corrected chi connectivity index (χ1v) is 3.70. The summed E-state index contributed by atoms with van der Waals surface area (Å²) in [5, 5.41) is 0.0950. The Balaban J connectivity index is 3.26. The van der Waals surface area contributed by atoms with Crippen LogP contribution in [-0.2, 0) is 0 Å². The molecule has 6 nitrogen and oxygen atoms in total. The fourth-order valence-corrected chi connectivity index (χ4v) is 1.36. The van der Waals surface area contributed by atoms with Crippen LogP contribution in [-0.4, -0.2) is 16.8 Å². The second-order valence-electron chi connectivity index (χ2n) is 1.96. The molecule has 0 fully saturated rings. The molecule has 0 aliphatic carbocycles. The molecule has 1 aromatic rings. The highest BCUT2D eigenvalue weighted by molar-refractivity contribution is 7.17. The molecule has 0 aliphatic heterocycles. The van der Waals surface area contributed by atoms with Crippen molar-refractivity contribution < 1.29 is 9.59 Å². The largest absolute Gasteiger partial charge is 0.375 e. The van der Waals surface area contributed by atoms with E-state index in [0.29, 0.717) is 0 Å². The number of amides is 2. The van der Waals surface area contributed by atoms with Crippen molar-refractivity contribution in [3.8, 4) is 0 Å². The van der Waals surface area contributed by atoms with E-state index in [9.17, 15) is 9.59 Å². The highest BCUT2D eigenvalue weighted by Crippen LogP contribution is 2.18. The summed E-state index contributed by atoms with van der Waals surface area (Å²) in [6, 6.07) is 0. The second kappa shape index (κ2) is 2.78. The molecule has 0 saturated heterocycles. The summed E-state index contributed by atoms with van der Waals surface area (Å²) in [6.07, 6.45) is 0. The summed E-state index contributed by atoms with van der Waals surface area (Å²) in [5.74, 6) is -1.56. The number of hydrogen-bond donors (Lipinski definition) is 3. The van der Waals surface area contributed by atoms with Crippen LogP contribution in [0.15, 0.2) is 0 Å². The van der Waals surface area contributed by atoms with Gasteiger partial charge in [-0.3, -0.25) is 9.59 Å². The topological polar surface area (TPSA) is 125 Å². The molecule has 0 unspecified atom stereocenters. The summed E-state index contributed by atoms with van der Waals surface area (Å²) in [7, 11) is 0. The maximum Gasteiger partial charge on any atom is 0.269 e. The Hall–Kier alpha value is -1.63. The number of anilines is 1. The van der Waals surface area contributed by atoms with Crippen LogP contribution in [0.1, 0.15) is 20.2 Å². The van der Waals surface area contributed by atoms with Crippen LogP contribution < -0.4 is 17.2 Å². The summed E-state index contributed by atoms with van der Waals surface area (Å²) < 4.78 is 0. The summed E-state index contributed by atoms with van der Waals surface area (Å²) in [6.45, 7) is 0. The third-order valence-electron chi connectivity index (χ3n) is 1.10. The van der Waals surface area contributed by atoms with Crippen LogP contribution in [0.4, 0.5) is 5.13 Å². The van der Waals surface area contributed by atoms with Gasteiger partial charge in [0.25, 0.3) is 11.8 Å². The Kier molecular flexibility index (Phi) is 1.96. The van der Waals surface area contributed by atoms with E-state index in [-0.39, 0.29) is 15.7 Å². The summed E-state index contributed by atoms with van der Waals surface area (Å²) in [5.41, 5.74) is 14.9. The lowest BCUT2D eigenvalue weighted by Crippen LogP contribution is -2.19. The first kappa shape index (κ1) is 8.47. The zero-order valence-electron chi connectivity index (χ0n) is 5.90. The molecule has 6 N–H and O–H groups in total. The minimum absolute atomic E-state index is 0.000000000000000222. The molecule has 1 rings (SSSR count). The van der Waals surface area contributed by atoms with E-state index in [2.05, 4.69) is 4.98 Å². The van der Waals surface area contributed by atoms with Crippen molar-refractivity contribution in [3.05, 3.63) is 10.6 Å². The van der Waals surface area contributed by atoms with E-state index in [1.165, 1.54) is 0 Å². The molecule has 7 heteroatoms. The maximum absolute atomic E-state index is 10.7. The third kappa shape index (κ3) is 1.35. The number of thiazole rings is 1. The molecular weight excluding hydrogens is 180 g/mol. The van der Waals surface area contributed by atoms with Gasteiger partial charge in [-0.1, -0.05) is 11.3 Å². The number of carbonyl (C=O) groups is 2. The smallest absolute Gasteiger partial charge is 0.269 e. The van der Waals surface area contributed by atoms with E-state index >= 15 is 0 Å². The lowest BCUT2D eigenvalue weighted by molar-refractivity contribution is 0.0967. The highest BCUT2D eigenvalue weighted by Gasteiger charge is 2.18. The Morgan fingerprint density at radius 3 is 2.17 bits per heavy atom. The molecule has 0 aromatic carbocycles. The molecule has 1 aromatic heterocycles. The van der Waals surface area contributed by atoms with Crippen molar-refractivity contribution in [2.75, 3.05) is 5.73 Å². The van der Waals surface area contributed by atoms with Crippen molar-refractivity contribution >= 4 is 28.3 Å². The molecule has 0 spiro atoms. The van der Waals surface area contributed by atoms with Gasteiger partial charge in [-0.05, 0) is 0 Å². The van der Waals surface area contributed by atoms with Crippen LogP contribution in [0.2, 0.25) is 0 Å². The van der Waals surface area contributed by atoms with Gasteiger partial charge in [-0.15, -0.1) is 0 Å². The van der Waals surface area contributed by atoms with Crippen LogP contribution in [0.5, 0.6) is 0 Å². The molecular formula is C5H6N4O2S. The average Bonchev–Trinajstić information content (AvgIpc) is 2.31. The molecule has 0 atom stereocenters. The van der Waals surface area contributed by atoms with Gasteiger partial charge in [0.15, 0.2) is 10.8 Å². The van der Waals surface area contributed by atoms with E-state index in [0.717, 1.165) is 11.3 Å². The summed E-state index contributed by atoms with van der Waals surface area (Å²) >= 11 is 0.842. The number of primary amides is 2. The van der Waals surface area contributed by atoms with Crippen LogP contribution in [0.3, 0.4) is 0 Å². The van der Waals surface area contributed by atoms with Gasteiger partial charge in [0.2, 0.25) is 0 Å². The zero-order valence-corrected chi connectivity index (χ0v) is 6.72. The Labute approximate surface area is 71.4 Å². The van der Waals surface area contributed by atoms with Gasteiger partial charge < -0.3 is 17.2 Å². The van der Waals surface area contributed by atoms with Gasteiger partial charge >= 0.3 is 0 Å². The van der Waals surface area contributed by atoms with Crippen molar-refractivity contribution in [2.45, 2.75) is 0 Å². The molecule has 0 radical (unpaired) electrons. The predicted molar refractivity (Wildman–Crippen MR) is 43.6 cm³/mol. The van der Waals surface area contributed by atoms with Crippen LogP contribution in [0.25, 0.3) is 0 Å². The third-order valence-corrected chi connectivity index (χ3v) is 2.00. The number of rotatable bonds is 2. The maximum atomic E-state index is 10.7. The van der Waals surface area contributed by atoms with E-state index in [1.54, 1.807) is 0 Å². The lowest BCUT2D eigenvalue weighted by Gasteiger charge is -1.89. The molecule has 0 aliphatic rings. The number of nitrogens with zero attached hydrogens (tertiary/aromatic N) is 1. The van der Waals surface area contributed by atoms with E-state index < -0.39 is 11.8 Å². The van der Waals surface area contributed by atoms with Gasteiger partial charge in [0.1, 0.15) is 4.88 Å². The highest BCUT2D eigenvalue weighted by atomic mass is 32.1. The minimum Gasteiger partial charge on any atom is -0.375 e. The Morgan fingerprint density at radius 1 is 1.25 bits per heavy atom. The fraction of sp³-hybridized carbons (Fsp3) is 0. The number of nitrogens with two attached hydrogens (primary N) is 3. The van der Waals surface area contributed by atoms with E-state index in [1.807, 2.05) is 0 Å². The SMILES string of the molecule is NC(=O)c1nc(N)sc1C(N)=O. The molecule has 0 saturated carbocycles. The van der Waals surface area contributed by atoms with Gasteiger partial charge in [0.05, 0.1) is 0 Å². The number of carbonyl (C=O) groups excluding carboxylic acids is 2. The average molecular weight is 186 g/mol. The second-order valence-corrected chi connectivity index (χ2v) is 2.99. The standard InChI is InChI=1S/C5H6N4O2S/c6-3(10)1-2(4(7)11)12-5(8)9-1/h(H2,6,10)(H2,7,11)(H2,8,9). The first-order chi connectivity index (χ1) is 5.52. The van der Waals surface area contributed by atoms with Crippen LogP contribution in [0, 0.1) is 0 Å². The molecule has 2 amide bonds. The van der Waals surface area contributed by atoms with E-state index in [4.69, 9.17) is 17.2 Å². The van der Waals surface area contributed by atoms with Crippen LogP contribution >= 0.6 is 11.3 Å². The van der Waals surface area contributed by atoms with Crippen molar-refractivity contribution in [1.82, 2.24) is 4.98 Å². The fourth-order valence-electron chi connectivity index (χ4n) is 0.671. The normalized spacial score (nSPS) is 9.67. The lowest BCUT2D eigenvalue weighted by atomic mass is 10.3. The molecule has 12 heavy (non-hydrogen) atoms. The van der Waals surface area contributed by atoms with Crippen molar-refractivity contribution in [2.24, 2.45) is 11.5 Å². The minimum atomic E-state index is -0.809. The molecule has 0 bridgehead atoms. The Bertz CT molecular complexity index is 314. The number of nitrogen functional groups attached to an aromatic ring is 1. The zero-order chi connectivity index (χ0) is 9.30. The molecule has 1 heterocycles. The van der Waals surface area contributed by atoms with Crippen molar-refractivity contribution in [3.63, 3.8) is 0 Å². The Morgan fingerprint density at radius 2 is 1.83 bits per heavy atom. The van der Waals surface area contributed by atoms with Gasteiger partial charge in [-0.25, -0.2) is 4.98 Å². The quantitative estimate of drug-likeness (QED) is 0.543. The number of aromatic nitrogens is 1. The van der Waals surface area contributed by atoms with Gasteiger partial charge in [0, 0.05) is 0 Å².